The summed E-state index contributed by atoms with van der Waals surface area (Å²) >= 11 is 0. The van der Waals surface area contributed by atoms with Crippen LogP contribution in [0, 0.1) is 5.92 Å². The lowest BCUT2D eigenvalue weighted by Gasteiger charge is -2.22. The molecule has 0 aromatic heterocycles. The van der Waals surface area contributed by atoms with E-state index in [2.05, 4.69) is 15.6 Å². The second-order valence-corrected chi connectivity index (χ2v) is 6.61. The summed E-state index contributed by atoms with van der Waals surface area (Å²) in [5, 5.41) is 5.44. The first-order valence-electron chi connectivity index (χ1n) is 8.98. The smallest absolute Gasteiger partial charge is 0.243 e. The summed E-state index contributed by atoms with van der Waals surface area (Å²) < 4.78 is 0. The van der Waals surface area contributed by atoms with Gasteiger partial charge in [-0.25, -0.2) is 0 Å². The van der Waals surface area contributed by atoms with Crippen molar-refractivity contribution >= 4 is 24.1 Å². The molecule has 0 aliphatic heterocycles. The summed E-state index contributed by atoms with van der Waals surface area (Å²) in [5.74, 6) is -0.883. The first-order valence-corrected chi connectivity index (χ1v) is 8.98. The Bertz CT molecular complexity index is 642. The van der Waals surface area contributed by atoms with Crippen LogP contribution in [0.3, 0.4) is 0 Å². The molecule has 0 fully saturated rings. The molecule has 0 aliphatic carbocycles. The van der Waals surface area contributed by atoms with Crippen molar-refractivity contribution in [2.75, 3.05) is 6.54 Å². The van der Waals surface area contributed by atoms with Crippen LogP contribution in [0.5, 0.6) is 0 Å². The van der Waals surface area contributed by atoms with Gasteiger partial charge in [-0.3, -0.25) is 14.6 Å². The Morgan fingerprint density at radius 1 is 1.11 bits per heavy atom. The first kappa shape index (κ1) is 22.1. The molecule has 27 heavy (non-hydrogen) atoms. The van der Waals surface area contributed by atoms with Gasteiger partial charge in [-0.15, -0.1) is 0 Å². The highest BCUT2D eigenvalue weighted by molar-refractivity contribution is 5.89. The van der Waals surface area contributed by atoms with E-state index in [4.69, 9.17) is 11.5 Å². The second kappa shape index (κ2) is 11.7. The molecule has 2 amide bonds. The van der Waals surface area contributed by atoms with Crippen molar-refractivity contribution in [3.63, 3.8) is 0 Å². The van der Waals surface area contributed by atoms with Gasteiger partial charge in [0.15, 0.2) is 5.96 Å². The minimum Gasteiger partial charge on any atom is -0.370 e. The van der Waals surface area contributed by atoms with Crippen molar-refractivity contribution in [3.8, 4) is 0 Å². The van der Waals surface area contributed by atoms with E-state index in [-0.39, 0.29) is 17.8 Å². The van der Waals surface area contributed by atoms with Gasteiger partial charge in [0, 0.05) is 18.9 Å². The van der Waals surface area contributed by atoms with Crippen LogP contribution in [0.2, 0.25) is 0 Å². The SMILES string of the molecule is CC(C)C(=O)NC(Cc1ccccc1)C(=O)NC(C=O)CCCN=C(N)N. The van der Waals surface area contributed by atoms with E-state index in [1.807, 2.05) is 30.3 Å². The number of nitrogens with two attached hydrogens (primary N) is 2. The molecule has 2 atom stereocenters. The molecule has 0 saturated heterocycles. The van der Waals surface area contributed by atoms with Gasteiger partial charge in [0.2, 0.25) is 11.8 Å². The number of aliphatic imine (C=N–C) groups is 1. The molecule has 1 aromatic rings. The van der Waals surface area contributed by atoms with Crippen LogP contribution in [-0.2, 0) is 20.8 Å². The molecule has 8 heteroatoms. The van der Waals surface area contributed by atoms with Crippen LogP contribution < -0.4 is 22.1 Å². The zero-order chi connectivity index (χ0) is 20.2. The largest absolute Gasteiger partial charge is 0.370 e. The van der Waals surface area contributed by atoms with E-state index in [1.165, 1.54) is 0 Å². The van der Waals surface area contributed by atoms with Crippen LogP contribution in [0.15, 0.2) is 35.3 Å². The maximum Gasteiger partial charge on any atom is 0.243 e. The maximum atomic E-state index is 12.7. The van der Waals surface area contributed by atoms with E-state index in [0.717, 1.165) is 5.56 Å². The number of rotatable bonds is 11. The Morgan fingerprint density at radius 2 is 1.78 bits per heavy atom. The molecule has 0 spiro atoms. The molecule has 0 aliphatic rings. The summed E-state index contributed by atoms with van der Waals surface area (Å²) in [5.41, 5.74) is 11.4. The van der Waals surface area contributed by atoms with E-state index in [0.29, 0.717) is 32.1 Å². The molecule has 0 bridgehead atoms. The third-order valence-corrected chi connectivity index (χ3v) is 3.90. The van der Waals surface area contributed by atoms with Crippen LogP contribution in [-0.4, -0.2) is 42.7 Å². The zero-order valence-electron chi connectivity index (χ0n) is 15.9. The topological polar surface area (TPSA) is 140 Å². The average Bonchev–Trinajstić information content (AvgIpc) is 2.63. The number of aldehydes is 1. The van der Waals surface area contributed by atoms with Crippen molar-refractivity contribution in [2.24, 2.45) is 22.4 Å². The van der Waals surface area contributed by atoms with Crippen LogP contribution in [0.25, 0.3) is 0 Å². The molecular formula is C19H29N5O3. The summed E-state index contributed by atoms with van der Waals surface area (Å²) in [6.45, 7) is 3.88. The summed E-state index contributed by atoms with van der Waals surface area (Å²) in [7, 11) is 0. The number of guanidine groups is 1. The summed E-state index contributed by atoms with van der Waals surface area (Å²) in [6, 6.07) is 7.95. The Kier molecular flexibility index (Phi) is 9.57. The van der Waals surface area contributed by atoms with Crippen LogP contribution in [0.4, 0.5) is 0 Å². The number of nitrogens with zero attached hydrogens (tertiary/aromatic N) is 1. The van der Waals surface area contributed by atoms with Gasteiger partial charge in [0.25, 0.3) is 0 Å². The van der Waals surface area contributed by atoms with Crippen molar-refractivity contribution in [1.82, 2.24) is 10.6 Å². The van der Waals surface area contributed by atoms with E-state index >= 15 is 0 Å². The lowest BCUT2D eigenvalue weighted by atomic mass is 10.0. The molecule has 0 saturated carbocycles. The predicted octanol–water partition coefficient (Wildman–Crippen LogP) is 0.107. The zero-order valence-corrected chi connectivity index (χ0v) is 15.9. The number of hydrogen-bond donors (Lipinski definition) is 4. The molecule has 1 rings (SSSR count). The average molecular weight is 375 g/mol. The summed E-state index contributed by atoms with van der Waals surface area (Å²) in [6.07, 6.45) is 1.97. The van der Waals surface area contributed by atoms with Gasteiger partial charge < -0.3 is 26.9 Å². The van der Waals surface area contributed by atoms with Gasteiger partial charge in [-0.05, 0) is 18.4 Å². The van der Waals surface area contributed by atoms with Crippen molar-refractivity contribution in [2.45, 2.75) is 45.2 Å². The number of carbonyl (C=O) groups excluding carboxylic acids is 3. The van der Waals surface area contributed by atoms with E-state index in [1.54, 1.807) is 13.8 Å². The fourth-order valence-corrected chi connectivity index (χ4v) is 2.37. The van der Waals surface area contributed by atoms with Crippen LogP contribution in [0.1, 0.15) is 32.3 Å². The van der Waals surface area contributed by atoms with Gasteiger partial charge in [0.1, 0.15) is 12.3 Å². The Hall–Kier alpha value is -2.90. The standard InChI is InChI=1S/C19H29N5O3/c1-13(2)17(26)24-16(11-14-7-4-3-5-8-14)18(27)23-15(12-25)9-6-10-22-19(20)21/h3-5,7-8,12-13,15-16H,6,9-11H2,1-2H3,(H,23,27)(H,24,26)(H4,20,21,22). The molecule has 148 valence electrons. The lowest BCUT2D eigenvalue weighted by molar-refractivity contribution is -0.131. The fourth-order valence-electron chi connectivity index (χ4n) is 2.37. The molecule has 1 aromatic carbocycles. The lowest BCUT2D eigenvalue weighted by Crippen LogP contribution is -2.51. The van der Waals surface area contributed by atoms with Gasteiger partial charge in [0.05, 0.1) is 6.04 Å². The fraction of sp³-hybridized carbons (Fsp3) is 0.474. The quantitative estimate of drug-likeness (QED) is 0.188. The number of benzene rings is 1. The number of amides is 2. The third-order valence-electron chi connectivity index (χ3n) is 3.90. The van der Waals surface area contributed by atoms with E-state index < -0.39 is 18.0 Å². The highest BCUT2D eigenvalue weighted by Gasteiger charge is 2.24. The van der Waals surface area contributed by atoms with Gasteiger partial charge in [-0.1, -0.05) is 44.2 Å². The second-order valence-electron chi connectivity index (χ2n) is 6.61. The minimum absolute atomic E-state index is 0.0130. The van der Waals surface area contributed by atoms with Crippen molar-refractivity contribution in [1.29, 1.82) is 0 Å². The number of hydrogen-bond acceptors (Lipinski definition) is 4. The molecular weight excluding hydrogens is 346 g/mol. The maximum absolute atomic E-state index is 12.7. The Morgan fingerprint density at radius 3 is 2.33 bits per heavy atom. The molecule has 0 radical (unpaired) electrons. The third kappa shape index (κ3) is 8.84. The molecule has 8 nitrogen and oxygen atoms in total. The van der Waals surface area contributed by atoms with Crippen LogP contribution >= 0.6 is 0 Å². The van der Waals surface area contributed by atoms with E-state index in [9.17, 15) is 14.4 Å². The first-order chi connectivity index (χ1) is 12.8. The van der Waals surface area contributed by atoms with Gasteiger partial charge >= 0.3 is 0 Å². The highest BCUT2D eigenvalue weighted by Crippen LogP contribution is 2.06. The van der Waals surface area contributed by atoms with Crippen molar-refractivity contribution in [3.05, 3.63) is 35.9 Å². The Labute approximate surface area is 159 Å². The Balaban J connectivity index is 2.73. The number of carbonyl (C=O) groups is 3. The molecule has 6 N–H and O–H groups in total. The molecule has 0 heterocycles. The monoisotopic (exact) mass is 375 g/mol. The van der Waals surface area contributed by atoms with Gasteiger partial charge in [-0.2, -0.15) is 0 Å². The normalized spacial score (nSPS) is 12.7. The molecule has 2 unspecified atom stereocenters. The van der Waals surface area contributed by atoms with Crippen molar-refractivity contribution < 1.29 is 14.4 Å². The predicted molar refractivity (Wildman–Crippen MR) is 105 cm³/mol. The number of nitrogens with one attached hydrogen (secondary N) is 2. The summed E-state index contributed by atoms with van der Waals surface area (Å²) in [4.78, 5) is 39.9. The highest BCUT2D eigenvalue weighted by atomic mass is 16.2. The minimum atomic E-state index is -0.762.